The van der Waals surface area contributed by atoms with Crippen LogP contribution in [0.2, 0.25) is 0 Å². The number of nitrogens with one attached hydrogen (secondary N) is 1. The Morgan fingerprint density at radius 1 is 1.11 bits per heavy atom. The zero-order chi connectivity index (χ0) is 13.9. The van der Waals surface area contributed by atoms with Crippen LogP contribution in [-0.2, 0) is 4.79 Å². The topological polar surface area (TPSA) is 42.2 Å². The van der Waals surface area contributed by atoms with E-state index in [1.807, 2.05) is 63.2 Å². The van der Waals surface area contributed by atoms with E-state index in [2.05, 4.69) is 5.32 Å². The minimum atomic E-state index is -0.431. The fourth-order valence-electron chi connectivity index (χ4n) is 1.77. The van der Waals surface area contributed by atoms with Crippen LogP contribution in [0.1, 0.15) is 38.1 Å². The molecule has 1 amide bonds. The highest BCUT2D eigenvalue weighted by atomic mass is 16.3. The molecule has 0 spiro atoms. The van der Waals surface area contributed by atoms with Crippen molar-refractivity contribution in [1.29, 1.82) is 0 Å². The molecule has 0 saturated carbocycles. The molecule has 1 aromatic heterocycles. The number of carbonyl (C=O) groups excluding carboxylic acids is 1. The lowest BCUT2D eigenvalue weighted by Crippen LogP contribution is -2.37. The van der Waals surface area contributed by atoms with Crippen molar-refractivity contribution in [3.8, 4) is 0 Å². The van der Waals surface area contributed by atoms with E-state index in [0.29, 0.717) is 0 Å². The molecule has 1 N–H and O–H groups in total. The second kappa shape index (κ2) is 5.31. The zero-order valence-electron chi connectivity index (χ0n) is 11.5. The predicted octanol–water partition coefficient (Wildman–Crippen LogP) is 3.53. The quantitative estimate of drug-likeness (QED) is 0.914. The van der Waals surface area contributed by atoms with Crippen LogP contribution in [0.4, 0.5) is 0 Å². The van der Waals surface area contributed by atoms with Gasteiger partial charge >= 0.3 is 0 Å². The molecule has 1 unspecified atom stereocenters. The van der Waals surface area contributed by atoms with E-state index in [0.717, 1.165) is 11.3 Å². The third-order valence-corrected chi connectivity index (χ3v) is 2.92. The zero-order valence-corrected chi connectivity index (χ0v) is 11.5. The van der Waals surface area contributed by atoms with E-state index in [-0.39, 0.29) is 11.9 Å². The highest BCUT2D eigenvalue weighted by molar-refractivity contribution is 5.82. The molecule has 0 radical (unpaired) electrons. The minimum absolute atomic E-state index is 0.00208. The molecule has 3 nitrogen and oxygen atoms in total. The number of hydrogen-bond donors (Lipinski definition) is 1. The molecule has 2 aromatic rings. The summed E-state index contributed by atoms with van der Waals surface area (Å²) in [5.41, 5.74) is 0.578. The van der Waals surface area contributed by atoms with E-state index < -0.39 is 5.41 Å². The van der Waals surface area contributed by atoms with Crippen molar-refractivity contribution in [2.24, 2.45) is 5.41 Å². The summed E-state index contributed by atoms with van der Waals surface area (Å²) in [7, 11) is 0. The van der Waals surface area contributed by atoms with Crippen molar-refractivity contribution >= 4 is 5.91 Å². The maximum Gasteiger partial charge on any atom is 0.226 e. The van der Waals surface area contributed by atoms with Gasteiger partial charge in [-0.25, -0.2) is 0 Å². The summed E-state index contributed by atoms with van der Waals surface area (Å²) in [4.78, 5) is 12.2. The molecule has 0 bridgehead atoms. The average molecular weight is 257 g/mol. The van der Waals surface area contributed by atoms with Gasteiger partial charge in [-0.2, -0.15) is 0 Å². The Bertz CT molecular complexity index is 524. The van der Waals surface area contributed by atoms with E-state index in [1.54, 1.807) is 6.26 Å². The Balaban J connectivity index is 2.29. The van der Waals surface area contributed by atoms with Crippen LogP contribution in [-0.4, -0.2) is 5.91 Å². The van der Waals surface area contributed by atoms with Crippen LogP contribution in [0.25, 0.3) is 0 Å². The van der Waals surface area contributed by atoms with Crippen LogP contribution >= 0.6 is 0 Å². The Labute approximate surface area is 113 Å². The van der Waals surface area contributed by atoms with Crippen LogP contribution in [0.5, 0.6) is 0 Å². The van der Waals surface area contributed by atoms with Gasteiger partial charge in [0.25, 0.3) is 0 Å². The minimum Gasteiger partial charge on any atom is -0.467 e. The monoisotopic (exact) mass is 257 g/mol. The summed E-state index contributed by atoms with van der Waals surface area (Å²) in [6.07, 6.45) is 1.62. The molecule has 0 aliphatic heterocycles. The molecule has 0 aliphatic rings. The van der Waals surface area contributed by atoms with Gasteiger partial charge in [0.2, 0.25) is 5.91 Å². The number of hydrogen-bond acceptors (Lipinski definition) is 2. The highest BCUT2D eigenvalue weighted by Gasteiger charge is 2.26. The lowest BCUT2D eigenvalue weighted by molar-refractivity contribution is -0.129. The van der Waals surface area contributed by atoms with Gasteiger partial charge in [-0.15, -0.1) is 0 Å². The molecule has 1 heterocycles. The molecule has 2 rings (SSSR count). The summed E-state index contributed by atoms with van der Waals surface area (Å²) >= 11 is 0. The summed E-state index contributed by atoms with van der Waals surface area (Å²) in [5.74, 6) is 0.738. The van der Waals surface area contributed by atoms with Gasteiger partial charge in [0.1, 0.15) is 11.8 Å². The van der Waals surface area contributed by atoms with Crippen LogP contribution in [0.15, 0.2) is 53.1 Å². The maximum absolute atomic E-state index is 12.2. The second-order valence-corrected chi connectivity index (χ2v) is 5.58. The Hall–Kier alpha value is -2.03. The van der Waals surface area contributed by atoms with Crippen LogP contribution < -0.4 is 5.32 Å². The lowest BCUT2D eigenvalue weighted by atomic mass is 9.94. The third kappa shape index (κ3) is 3.25. The summed E-state index contributed by atoms with van der Waals surface area (Å²) in [5, 5.41) is 3.04. The number of benzene rings is 1. The first-order valence-electron chi connectivity index (χ1n) is 6.38. The third-order valence-electron chi connectivity index (χ3n) is 2.92. The normalized spacial score (nSPS) is 13.0. The maximum atomic E-state index is 12.2. The van der Waals surface area contributed by atoms with E-state index >= 15 is 0 Å². The number of furan rings is 1. The first kappa shape index (κ1) is 13.4. The Morgan fingerprint density at radius 3 is 2.32 bits per heavy atom. The number of carbonyl (C=O) groups is 1. The molecule has 3 heteroatoms. The summed E-state index contributed by atoms with van der Waals surface area (Å²) in [6, 6.07) is 13.3. The molecule has 0 fully saturated rings. The number of amides is 1. The SMILES string of the molecule is CC(C)(C)C(=O)NC(c1ccccc1)c1ccco1. The van der Waals surface area contributed by atoms with Crippen molar-refractivity contribution in [3.63, 3.8) is 0 Å². The number of rotatable bonds is 3. The molecule has 0 saturated heterocycles. The van der Waals surface area contributed by atoms with E-state index in [4.69, 9.17) is 4.42 Å². The Kier molecular flexibility index (Phi) is 3.74. The van der Waals surface area contributed by atoms with Gasteiger partial charge in [0.05, 0.1) is 6.26 Å². The largest absolute Gasteiger partial charge is 0.467 e. The summed E-state index contributed by atoms with van der Waals surface area (Å²) in [6.45, 7) is 5.69. The molecular formula is C16H19NO2. The van der Waals surface area contributed by atoms with Gasteiger partial charge in [0.15, 0.2) is 0 Å². The fraction of sp³-hybridized carbons (Fsp3) is 0.312. The van der Waals surface area contributed by atoms with Crippen LogP contribution in [0.3, 0.4) is 0 Å². The second-order valence-electron chi connectivity index (χ2n) is 5.58. The molecule has 1 aromatic carbocycles. The van der Waals surface area contributed by atoms with Gasteiger partial charge in [0, 0.05) is 5.41 Å². The van der Waals surface area contributed by atoms with Crippen molar-refractivity contribution in [2.45, 2.75) is 26.8 Å². The predicted molar refractivity (Wildman–Crippen MR) is 74.6 cm³/mol. The lowest BCUT2D eigenvalue weighted by Gasteiger charge is -2.23. The van der Waals surface area contributed by atoms with E-state index in [9.17, 15) is 4.79 Å². The van der Waals surface area contributed by atoms with Crippen molar-refractivity contribution in [3.05, 3.63) is 60.1 Å². The van der Waals surface area contributed by atoms with Gasteiger partial charge < -0.3 is 9.73 Å². The smallest absolute Gasteiger partial charge is 0.226 e. The van der Waals surface area contributed by atoms with Crippen LogP contribution in [0, 0.1) is 5.41 Å². The molecule has 19 heavy (non-hydrogen) atoms. The standard InChI is InChI=1S/C16H19NO2/c1-16(2,3)15(18)17-14(13-10-7-11-19-13)12-8-5-4-6-9-12/h4-11,14H,1-3H3,(H,17,18). The molecular weight excluding hydrogens is 238 g/mol. The molecule has 100 valence electrons. The van der Waals surface area contributed by atoms with Crippen molar-refractivity contribution < 1.29 is 9.21 Å². The van der Waals surface area contributed by atoms with Gasteiger partial charge in [-0.3, -0.25) is 4.79 Å². The average Bonchev–Trinajstić information content (AvgIpc) is 2.89. The highest BCUT2D eigenvalue weighted by Crippen LogP contribution is 2.24. The first-order chi connectivity index (χ1) is 8.98. The molecule has 0 aliphatic carbocycles. The van der Waals surface area contributed by atoms with Crippen molar-refractivity contribution in [2.75, 3.05) is 0 Å². The first-order valence-corrected chi connectivity index (χ1v) is 6.38. The van der Waals surface area contributed by atoms with Gasteiger partial charge in [-0.05, 0) is 17.7 Å². The van der Waals surface area contributed by atoms with Crippen molar-refractivity contribution in [1.82, 2.24) is 5.32 Å². The fourth-order valence-corrected chi connectivity index (χ4v) is 1.77. The molecule has 1 atom stereocenters. The Morgan fingerprint density at radius 2 is 1.79 bits per heavy atom. The summed E-state index contributed by atoms with van der Waals surface area (Å²) < 4.78 is 5.45. The van der Waals surface area contributed by atoms with Gasteiger partial charge in [-0.1, -0.05) is 51.1 Å². The van der Waals surface area contributed by atoms with E-state index in [1.165, 1.54) is 0 Å².